The van der Waals surface area contributed by atoms with Crippen LogP contribution in [0.4, 0.5) is 0 Å². The highest BCUT2D eigenvalue weighted by Gasteiger charge is 2.09. The van der Waals surface area contributed by atoms with Gasteiger partial charge < -0.3 is 11.1 Å². The molecule has 1 aromatic heterocycles. The predicted molar refractivity (Wildman–Crippen MR) is 80.9 cm³/mol. The molecule has 0 aliphatic heterocycles. The fraction of sp³-hybridized carbons (Fsp3) is 0.286. The maximum atomic E-state index is 11.6. The van der Waals surface area contributed by atoms with E-state index in [-0.39, 0.29) is 24.2 Å². The Morgan fingerprint density at radius 3 is 2.65 bits per heavy atom. The molecule has 0 aliphatic carbocycles. The van der Waals surface area contributed by atoms with E-state index in [9.17, 15) is 4.79 Å². The molecule has 0 saturated carbocycles. The number of nitrogens with one attached hydrogen (secondary N) is 1. The summed E-state index contributed by atoms with van der Waals surface area (Å²) in [5.74, 6) is -0.165. The summed E-state index contributed by atoms with van der Waals surface area (Å²) in [4.78, 5) is 11.6. The summed E-state index contributed by atoms with van der Waals surface area (Å²) >= 11 is 0. The van der Waals surface area contributed by atoms with E-state index >= 15 is 0 Å². The lowest BCUT2D eigenvalue weighted by atomic mass is 10.1. The lowest BCUT2D eigenvalue weighted by molar-refractivity contribution is -0.124. The molecule has 1 aromatic carbocycles. The topological polar surface area (TPSA) is 72.9 Å². The van der Waals surface area contributed by atoms with E-state index in [4.69, 9.17) is 5.73 Å². The fourth-order valence-electron chi connectivity index (χ4n) is 1.66. The van der Waals surface area contributed by atoms with Crippen LogP contribution in [0, 0.1) is 5.92 Å². The first kappa shape index (κ1) is 16.2. The minimum absolute atomic E-state index is 0. The highest BCUT2D eigenvalue weighted by Crippen LogP contribution is 2.08. The Labute approximate surface area is 124 Å². The van der Waals surface area contributed by atoms with Crippen LogP contribution in [0.5, 0.6) is 0 Å². The fourth-order valence-corrected chi connectivity index (χ4v) is 1.66. The average molecular weight is 295 g/mol. The Balaban J connectivity index is 0.00000200. The second-order valence-corrected chi connectivity index (χ2v) is 4.47. The maximum Gasteiger partial charge on any atom is 0.224 e. The van der Waals surface area contributed by atoms with Crippen LogP contribution in [-0.4, -0.2) is 22.2 Å². The number of halogens is 1. The molecule has 108 valence electrons. The van der Waals surface area contributed by atoms with Gasteiger partial charge in [0.1, 0.15) is 0 Å². The Kier molecular flexibility index (Phi) is 6.21. The average Bonchev–Trinajstić information content (AvgIpc) is 2.98. The van der Waals surface area contributed by atoms with Crippen LogP contribution >= 0.6 is 12.4 Å². The summed E-state index contributed by atoms with van der Waals surface area (Å²) in [6.07, 6.45) is 3.63. The molecular weight excluding hydrogens is 276 g/mol. The van der Waals surface area contributed by atoms with Gasteiger partial charge in [-0.25, -0.2) is 4.68 Å². The van der Waals surface area contributed by atoms with Gasteiger partial charge in [-0.1, -0.05) is 19.1 Å². The zero-order valence-corrected chi connectivity index (χ0v) is 12.1. The zero-order valence-electron chi connectivity index (χ0n) is 11.3. The zero-order chi connectivity index (χ0) is 13.7. The molecule has 1 unspecified atom stereocenters. The smallest absolute Gasteiger partial charge is 0.224 e. The van der Waals surface area contributed by atoms with Gasteiger partial charge in [-0.05, 0) is 23.8 Å². The quantitative estimate of drug-likeness (QED) is 0.878. The molecule has 0 bridgehead atoms. The van der Waals surface area contributed by atoms with Crippen LogP contribution in [0.1, 0.15) is 12.5 Å². The molecule has 0 aliphatic rings. The second kappa shape index (κ2) is 7.67. The minimum atomic E-state index is -0.150. The summed E-state index contributed by atoms with van der Waals surface area (Å²) in [6.45, 7) is 2.70. The van der Waals surface area contributed by atoms with E-state index in [2.05, 4.69) is 10.4 Å². The third-order valence-electron chi connectivity index (χ3n) is 2.97. The monoisotopic (exact) mass is 294 g/mol. The minimum Gasteiger partial charge on any atom is -0.352 e. The number of nitrogens with zero attached hydrogens (tertiary/aromatic N) is 2. The van der Waals surface area contributed by atoms with E-state index < -0.39 is 0 Å². The molecule has 1 amide bonds. The van der Waals surface area contributed by atoms with Crippen molar-refractivity contribution in [2.24, 2.45) is 11.7 Å². The van der Waals surface area contributed by atoms with Crippen LogP contribution in [-0.2, 0) is 11.3 Å². The number of benzene rings is 1. The SMILES string of the molecule is CC(CN)C(=O)NCc1ccc(-n2cccn2)cc1.Cl. The predicted octanol–water partition coefficient (Wildman–Crippen LogP) is 1.51. The van der Waals surface area contributed by atoms with Crippen molar-refractivity contribution in [3.63, 3.8) is 0 Å². The number of rotatable bonds is 5. The molecule has 0 saturated heterocycles. The molecule has 0 spiro atoms. The number of amides is 1. The number of aromatic nitrogens is 2. The van der Waals surface area contributed by atoms with Gasteiger partial charge in [0.15, 0.2) is 0 Å². The summed E-state index contributed by atoms with van der Waals surface area (Å²) in [6, 6.07) is 9.78. The molecule has 5 nitrogen and oxygen atoms in total. The van der Waals surface area contributed by atoms with E-state index in [0.717, 1.165) is 11.3 Å². The number of nitrogens with two attached hydrogens (primary N) is 1. The Bertz CT molecular complexity index is 525. The molecule has 3 N–H and O–H groups in total. The molecule has 6 heteroatoms. The van der Waals surface area contributed by atoms with E-state index in [0.29, 0.717) is 13.1 Å². The molecule has 2 aromatic rings. The van der Waals surface area contributed by atoms with Crippen molar-refractivity contribution in [2.75, 3.05) is 6.54 Å². The van der Waals surface area contributed by atoms with Gasteiger partial charge in [-0.2, -0.15) is 5.10 Å². The van der Waals surface area contributed by atoms with Gasteiger partial charge >= 0.3 is 0 Å². The molecule has 20 heavy (non-hydrogen) atoms. The first-order valence-corrected chi connectivity index (χ1v) is 6.27. The number of carbonyl (C=O) groups is 1. The molecule has 1 atom stereocenters. The molecule has 1 heterocycles. The van der Waals surface area contributed by atoms with Crippen LogP contribution < -0.4 is 11.1 Å². The van der Waals surface area contributed by atoms with Crippen molar-refractivity contribution >= 4 is 18.3 Å². The van der Waals surface area contributed by atoms with Gasteiger partial charge in [0.25, 0.3) is 0 Å². The number of hydrogen-bond acceptors (Lipinski definition) is 3. The Hall–Kier alpha value is -1.85. The van der Waals surface area contributed by atoms with Gasteiger partial charge in [-0.3, -0.25) is 4.79 Å². The maximum absolute atomic E-state index is 11.6. The van der Waals surface area contributed by atoms with Crippen LogP contribution in [0.2, 0.25) is 0 Å². The Morgan fingerprint density at radius 1 is 1.40 bits per heavy atom. The summed E-state index contributed by atoms with van der Waals surface area (Å²) in [7, 11) is 0. The number of carbonyl (C=O) groups excluding carboxylic acids is 1. The van der Waals surface area contributed by atoms with E-state index in [1.165, 1.54) is 0 Å². The third-order valence-corrected chi connectivity index (χ3v) is 2.97. The lowest BCUT2D eigenvalue weighted by Crippen LogP contribution is -2.32. The third kappa shape index (κ3) is 4.08. The van der Waals surface area contributed by atoms with E-state index in [1.54, 1.807) is 10.9 Å². The number of hydrogen-bond donors (Lipinski definition) is 2. The standard InChI is InChI=1S/C14H18N4O.ClH/c1-11(9-15)14(19)16-10-12-3-5-13(6-4-12)18-8-2-7-17-18;/h2-8,11H,9-10,15H2,1H3,(H,16,19);1H. The van der Waals surface area contributed by atoms with Crippen molar-refractivity contribution in [1.29, 1.82) is 0 Å². The molecule has 2 rings (SSSR count). The normalized spacial score (nSPS) is 11.5. The molecule has 0 radical (unpaired) electrons. The van der Waals surface area contributed by atoms with Crippen LogP contribution in [0.15, 0.2) is 42.7 Å². The summed E-state index contributed by atoms with van der Waals surface area (Å²) in [5.41, 5.74) is 7.49. The first-order chi connectivity index (χ1) is 9.20. The van der Waals surface area contributed by atoms with E-state index in [1.807, 2.05) is 43.5 Å². The van der Waals surface area contributed by atoms with Crippen LogP contribution in [0.25, 0.3) is 5.69 Å². The van der Waals surface area contributed by atoms with Gasteiger partial charge in [0, 0.05) is 31.4 Å². The Morgan fingerprint density at radius 2 is 2.10 bits per heavy atom. The highest BCUT2D eigenvalue weighted by molar-refractivity contribution is 5.85. The van der Waals surface area contributed by atoms with Crippen molar-refractivity contribution in [1.82, 2.24) is 15.1 Å². The van der Waals surface area contributed by atoms with Gasteiger partial charge in [0.2, 0.25) is 5.91 Å². The van der Waals surface area contributed by atoms with Crippen LogP contribution in [0.3, 0.4) is 0 Å². The lowest BCUT2D eigenvalue weighted by Gasteiger charge is -2.10. The van der Waals surface area contributed by atoms with Crippen molar-refractivity contribution < 1.29 is 4.79 Å². The first-order valence-electron chi connectivity index (χ1n) is 6.27. The summed E-state index contributed by atoms with van der Waals surface area (Å²) in [5, 5.41) is 7.02. The second-order valence-electron chi connectivity index (χ2n) is 4.47. The van der Waals surface area contributed by atoms with Gasteiger partial charge in [-0.15, -0.1) is 12.4 Å². The van der Waals surface area contributed by atoms with Gasteiger partial charge in [0.05, 0.1) is 5.69 Å². The highest BCUT2D eigenvalue weighted by atomic mass is 35.5. The molecular formula is C14H19ClN4O. The van der Waals surface area contributed by atoms with Crippen molar-refractivity contribution in [3.05, 3.63) is 48.3 Å². The largest absolute Gasteiger partial charge is 0.352 e. The van der Waals surface area contributed by atoms with Crippen molar-refractivity contribution in [3.8, 4) is 5.69 Å². The van der Waals surface area contributed by atoms with Crippen molar-refractivity contribution in [2.45, 2.75) is 13.5 Å². The molecule has 0 fully saturated rings. The summed E-state index contributed by atoms with van der Waals surface area (Å²) < 4.78 is 1.79.